The summed E-state index contributed by atoms with van der Waals surface area (Å²) in [4.78, 5) is 0. The molecule has 0 spiro atoms. The van der Waals surface area contributed by atoms with Gasteiger partial charge in [-0.05, 0) is 31.2 Å². The molecule has 0 unspecified atom stereocenters. The Hall–Kier alpha value is -1.48. The zero-order valence-electron chi connectivity index (χ0n) is 7.74. The van der Waals surface area contributed by atoms with E-state index in [-0.39, 0.29) is 0 Å². The van der Waals surface area contributed by atoms with Gasteiger partial charge in [-0.2, -0.15) is 5.10 Å². The van der Waals surface area contributed by atoms with E-state index in [2.05, 4.69) is 5.10 Å². The predicted octanol–water partition coefficient (Wildman–Crippen LogP) is 2.42. The molecule has 0 radical (unpaired) electrons. The summed E-state index contributed by atoms with van der Waals surface area (Å²) in [7, 11) is 0. The summed E-state index contributed by atoms with van der Waals surface area (Å²) >= 11 is 5.83. The number of anilines is 1. The molecule has 0 saturated heterocycles. The van der Waals surface area contributed by atoms with Gasteiger partial charge < -0.3 is 5.73 Å². The normalized spacial score (nSPS) is 10.4. The first-order chi connectivity index (χ1) is 6.68. The number of nitrogens with zero attached hydrogens (tertiary/aromatic N) is 2. The van der Waals surface area contributed by atoms with Crippen molar-refractivity contribution < 1.29 is 0 Å². The predicted molar refractivity (Wildman–Crippen MR) is 57.7 cm³/mol. The third kappa shape index (κ3) is 1.46. The van der Waals surface area contributed by atoms with Gasteiger partial charge in [0, 0.05) is 11.9 Å². The topological polar surface area (TPSA) is 43.8 Å². The summed E-state index contributed by atoms with van der Waals surface area (Å²) in [6.07, 6.45) is 1.75. The van der Waals surface area contributed by atoms with E-state index in [1.807, 2.05) is 29.8 Å². The SMILES string of the molecule is Cc1ccnn1-c1ccc(Cl)c(N)c1. The average Bonchev–Trinajstić information content (AvgIpc) is 2.57. The minimum absolute atomic E-state index is 0.568. The fourth-order valence-electron chi connectivity index (χ4n) is 1.30. The van der Waals surface area contributed by atoms with Crippen LogP contribution in [-0.2, 0) is 0 Å². The molecule has 4 heteroatoms. The molecular weight excluding hydrogens is 198 g/mol. The maximum Gasteiger partial charge on any atom is 0.0670 e. The highest BCUT2D eigenvalue weighted by molar-refractivity contribution is 6.33. The second kappa shape index (κ2) is 3.35. The highest BCUT2D eigenvalue weighted by Gasteiger charge is 2.02. The second-order valence-corrected chi connectivity index (χ2v) is 3.50. The summed E-state index contributed by atoms with van der Waals surface area (Å²) in [5, 5.41) is 4.74. The van der Waals surface area contributed by atoms with Gasteiger partial charge in [-0.25, -0.2) is 4.68 Å². The molecule has 2 aromatic rings. The van der Waals surface area contributed by atoms with Crippen molar-refractivity contribution >= 4 is 17.3 Å². The summed E-state index contributed by atoms with van der Waals surface area (Å²) < 4.78 is 1.81. The number of benzene rings is 1. The fraction of sp³-hybridized carbons (Fsp3) is 0.100. The van der Waals surface area contributed by atoms with E-state index < -0.39 is 0 Å². The number of hydrogen-bond acceptors (Lipinski definition) is 2. The van der Waals surface area contributed by atoms with Crippen LogP contribution in [0.5, 0.6) is 0 Å². The molecule has 3 nitrogen and oxygen atoms in total. The van der Waals surface area contributed by atoms with Crippen molar-refractivity contribution in [3.05, 3.63) is 41.2 Å². The van der Waals surface area contributed by atoms with E-state index >= 15 is 0 Å². The molecule has 0 saturated carbocycles. The first-order valence-electron chi connectivity index (χ1n) is 4.24. The van der Waals surface area contributed by atoms with Gasteiger partial charge in [0.2, 0.25) is 0 Å². The van der Waals surface area contributed by atoms with Crippen molar-refractivity contribution in [2.45, 2.75) is 6.92 Å². The Morgan fingerprint density at radius 3 is 2.71 bits per heavy atom. The third-order valence-electron chi connectivity index (χ3n) is 2.06. The molecule has 0 aliphatic carbocycles. The summed E-state index contributed by atoms with van der Waals surface area (Å²) in [6, 6.07) is 7.40. The van der Waals surface area contributed by atoms with E-state index in [9.17, 15) is 0 Å². The Morgan fingerprint density at radius 2 is 2.14 bits per heavy atom. The Morgan fingerprint density at radius 1 is 1.36 bits per heavy atom. The van der Waals surface area contributed by atoms with Crippen LogP contribution >= 0.6 is 11.6 Å². The van der Waals surface area contributed by atoms with Gasteiger partial charge in [0.05, 0.1) is 16.4 Å². The Labute approximate surface area is 87.1 Å². The van der Waals surface area contributed by atoms with Crippen molar-refractivity contribution in [2.24, 2.45) is 0 Å². The van der Waals surface area contributed by atoms with Crippen molar-refractivity contribution in [1.29, 1.82) is 0 Å². The Balaban J connectivity index is 2.53. The van der Waals surface area contributed by atoms with E-state index in [1.54, 1.807) is 12.3 Å². The summed E-state index contributed by atoms with van der Waals surface area (Å²) in [5.41, 5.74) is 8.26. The van der Waals surface area contributed by atoms with Crippen molar-refractivity contribution in [3.63, 3.8) is 0 Å². The van der Waals surface area contributed by atoms with Crippen molar-refractivity contribution in [2.75, 3.05) is 5.73 Å². The smallest absolute Gasteiger partial charge is 0.0670 e. The Bertz CT molecular complexity index is 462. The summed E-state index contributed by atoms with van der Waals surface area (Å²) in [5.74, 6) is 0. The molecule has 0 aliphatic rings. The van der Waals surface area contributed by atoms with Crippen LogP contribution in [0.4, 0.5) is 5.69 Å². The van der Waals surface area contributed by atoms with Crippen LogP contribution < -0.4 is 5.73 Å². The molecule has 0 bridgehead atoms. The van der Waals surface area contributed by atoms with E-state index in [1.165, 1.54) is 0 Å². The highest BCUT2D eigenvalue weighted by atomic mass is 35.5. The molecule has 2 rings (SSSR count). The van der Waals surface area contributed by atoms with Gasteiger partial charge in [-0.1, -0.05) is 11.6 Å². The molecule has 14 heavy (non-hydrogen) atoms. The molecular formula is C10H10ClN3. The van der Waals surface area contributed by atoms with Gasteiger partial charge in [-0.3, -0.25) is 0 Å². The first-order valence-corrected chi connectivity index (χ1v) is 4.62. The van der Waals surface area contributed by atoms with E-state index in [4.69, 9.17) is 17.3 Å². The maximum absolute atomic E-state index is 5.83. The first kappa shape index (κ1) is 9.09. The average molecular weight is 208 g/mol. The molecule has 0 fully saturated rings. The quantitative estimate of drug-likeness (QED) is 0.730. The van der Waals surface area contributed by atoms with Gasteiger partial charge in [0.25, 0.3) is 0 Å². The maximum atomic E-state index is 5.83. The van der Waals surface area contributed by atoms with Gasteiger partial charge in [-0.15, -0.1) is 0 Å². The number of hydrogen-bond donors (Lipinski definition) is 1. The largest absolute Gasteiger partial charge is 0.397 e. The monoisotopic (exact) mass is 207 g/mol. The lowest BCUT2D eigenvalue weighted by Gasteiger charge is -2.05. The van der Waals surface area contributed by atoms with Crippen LogP contribution in [-0.4, -0.2) is 9.78 Å². The Kier molecular flexibility index (Phi) is 2.17. The molecule has 0 amide bonds. The molecule has 72 valence electrons. The third-order valence-corrected chi connectivity index (χ3v) is 2.40. The lowest BCUT2D eigenvalue weighted by molar-refractivity contribution is 0.847. The summed E-state index contributed by atoms with van der Waals surface area (Å²) in [6.45, 7) is 1.98. The van der Waals surface area contributed by atoms with Crippen molar-refractivity contribution in [3.8, 4) is 5.69 Å². The zero-order chi connectivity index (χ0) is 10.1. The van der Waals surface area contributed by atoms with Crippen LogP contribution in [0.15, 0.2) is 30.5 Å². The second-order valence-electron chi connectivity index (χ2n) is 3.09. The van der Waals surface area contributed by atoms with Crippen LogP contribution in [0.25, 0.3) is 5.69 Å². The number of nitrogens with two attached hydrogens (primary N) is 1. The molecule has 0 aliphatic heterocycles. The number of nitrogen functional groups attached to an aromatic ring is 1. The lowest BCUT2D eigenvalue weighted by atomic mass is 10.3. The number of aryl methyl sites for hydroxylation is 1. The number of rotatable bonds is 1. The standard InChI is InChI=1S/C10H10ClN3/c1-7-4-5-13-14(7)8-2-3-9(11)10(12)6-8/h2-6H,12H2,1H3. The highest BCUT2D eigenvalue weighted by Crippen LogP contribution is 2.21. The minimum Gasteiger partial charge on any atom is -0.397 e. The fourth-order valence-corrected chi connectivity index (χ4v) is 1.42. The molecule has 1 aromatic carbocycles. The van der Waals surface area contributed by atoms with E-state index in [0.717, 1.165) is 11.4 Å². The van der Waals surface area contributed by atoms with Crippen LogP contribution in [0.1, 0.15) is 5.69 Å². The van der Waals surface area contributed by atoms with Crippen LogP contribution in [0, 0.1) is 6.92 Å². The lowest BCUT2D eigenvalue weighted by Crippen LogP contribution is -1.99. The number of halogens is 1. The zero-order valence-corrected chi connectivity index (χ0v) is 8.49. The van der Waals surface area contributed by atoms with E-state index in [0.29, 0.717) is 10.7 Å². The van der Waals surface area contributed by atoms with Crippen LogP contribution in [0.3, 0.4) is 0 Å². The van der Waals surface area contributed by atoms with Gasteiger partial charge >= 0.3 is 0 Å². The molecule has 1 aromatic heterocycles. The molecule has 0 atom stereocenters. The molecule has 2 N–H and O–H groups in total. The molecule has 1 heterocycles. The number of aromatic nitrogens is 2. The van der Waals surface area contributed by atoms with Gasteiger partial charge in [0.15, 0.2) is 0 Å². The van der Waals surface area contributed by atoms with Gasteiger partial charge in [0.1, 0.15) is 0 Å². The minimum atomic E-state index is 0.568. The van der Waals surface area contributed by atoms with Crippen LogP contribution in [0.2, 0.25) is 5.02 Å². The van der Waals surface area contributed by atoms with Crippen molar-refractivity contribution in [1.82, 2.24) is 9.78 Å².